The maximum atomic E-state index is 11.8. The molecule has 2 rings (SSSR count). The van der Waals surface area contributed by atoms with Crippen molar-refractivity contribution in [3.63, 3.8) is 0 Å². The molecular weight excluding hydrogens is 270 g/mol. The molecule has 0 unspecified atom stereocenters. The Bertz CT molecular complexity index is 691. The van der Waals surface area contributed by atoms with Crippen molar-refractivity contribution < 1.29 is 14.6 Å². The average molecular weight is 287 g/mol. The fraction of sp³-hybridized carbons (Fsp3) is 0.250. The highest BCUT2D eigenvalue weighted by Crippen LogP contribution is 2.17. The maximum Gasteiger partial charge on any atom is 0.339 e. The lowest BCUT2D eigenvalue weighted by atomic mass is 10.2. The largest absolute Gasteiger partial charge is 0.493 e. The Kier molecular flexibility index (Phi) is 4.77. The number of aromatic nitrogens is 1. The molecule has 0 aliphatic carbocycles. The molecular formula is C16H17NO4. The van der Waals surface area contributed by atoms with E-state index in [4.69, 9.17) is 9.84 Å². The number of benzene rings is 1. The Morgan fingerprint density at radius 3 is 2.76 bits per heavy atom. The van der Waals surface area contributed by atoms with Crippen molar-refractivity contribution in [2.75, 3.05) is 6.61 Å². The summed E-state index contributed by atoms with van der Waals surface area (Å²) >= 11 is 0. The molecule has 0 saturated heterocycles. The summed E-state index contributed by atoms with van der Waals surface area (Å²) in [5, 5.41) is 9.04. The van der Waals surface area contributed by atoms with E-state index in [1.165, 1.54) is 6.07 Å². The topological polar surface area (TPSA) is 68.5 Å². The van der Waals surface area contributed by atoms with Gasteiger partial charge in [-0.1, -0.05) is 18.2 Å². The molecule has 0 radical (unpaired) electrons. The van der Waals surface area contributed by atoms with Crippen LogP contribution in [-0.2, 0) is 6.54 Å². The summed E-state index contributed by atoms with van der Waals surface area (Å²) < 4.78 is 7.12. The minimum Gasteiger partial charge on any atom is -0.493 e. The number of para-hydroxylation sites is 1. The molecule has 1 aromatic carbocycles. The Morgan fingerprint density at radius 2 is 2.00 bits per heavy atom. The SMILES string of the molecule is Cc1cccn(CCCOc2ccccc2C(=O)O)c1=O. The van der Waals surface area contributed by atoms with Gasteiger partial charge in [0.1, 0.15) is 11.3 Å². The zero-order valence-electron chi connectivity index (χ0n) is 11.8. The third-order valence-corrected chi connectivity index (χ3v) is 3.13. The lowest BCUT2D eigenvalue weighted by Gasteiger charge is -2.10. The first-order chi connectivity index (χ1) is 10.1. The van der Waals surface area contributed by atoms with Gasteiger partial charge in [0.2, 0.25) is 0 Å². The first-order valence-corrected chi connectivity index (χ1v) is 6.71. The third kappa shape index (κ3) is 3.72. The van der Waals surface area contributed by atoms with E-state index in [2.05, 4.69) is 0 Å². The highest BCUT2D eigenvalue weighted by Gasteiger charge is 2.09. The molecule has 0 aliphatic heterocycles. The summed E-state index contributed by atoms with van der Waals surface area (Å²) in [6.07, 6.45) is 2.36. The number of hydrogen-bond donors (Lipinski definition) is 1. The Morgan fingerprint density at radius 1 is 1.24 bits per heavy atom. The van der Waals surface area contributed by atoms with Gasteiger partial charge in [-0.15, -0.1) is 0 Å². The van der Waals surface area contributed by atoms with Crippen LogP contribution < -0.4 is 10.3 Å². The molecule has 2 aromatic rings. The van der Waals surface area contributed by atoms with Crippen LogP contribution in [0, 0.1) is 6.92 Å². The molecule has 0 spiro atoms. The predicted molar refractivity (Wildman–Crippen MR) is 79.0 cm³/mol. The number of aryl methyl sites for hydroxylation is 2. The van der Waals surface area contributed by atoms with Crippen LogP contribution in [0.25, 0.3) is 0 Å². The Labute approximate surface area is 122 Å². The minimum absolute atomic E-state index is 0.0107. The fourth-order valence-corrected chi connectivity index (χ4v) is 2.02. The number of ether oxygens (including phenoxy) is 1. The van der Waals surface area contributed by atoms with Crippen LogP contribution in [0.3, 0.4) is 0 Å². The smallest absolute Gasteiger partial charge is 0.339 e. The average Bonchev–Trinajstić information content (AvgIpc) is 2.48. The van der Waals surface area contributed by atoms with Gasteiger partial charge >= 0.3 is 5.97 Å². The second-order valence-electron chi connectivity index (χ2n) is 4.69. The molecule has 0 bridgehead atoms. The Balaban J connectivity index is 1.92. The molecule has 21 heavy (non-hydrogen) atoms. The van der Waals surface area contributed by atoms with Gasteiger partial charge in [-0.05, 0) is 31.5 Å². The second-order valence-corrected chi connectivity index (χ2v) is 4.69. The lowest BCUT2D eigenvalue weighted by molar-refractivity contribution is 0.0692. The van der Waals surface area contributed by atoms with Crippen LogP contribution in [0.2, 0.25) is 0 Å². The van der Waals surface area contributed by atoms with Gasteiger partial charge in [0, 0.05) is 18.3 Å². The molecule has 5 nitrogen and oxygen atoms in total. The van der Waals surface area contributed by atoms with E-state index in [-0.39, 0.29) is 11.1 Å². The first-order valence-electron chi connectivity index (χ1n) is 6.71. The third-order valence-electron chi connectivity index (χ3n) is 3.13. The van der Waals surface area contributed by atoms with Gasteiger partial charge in [-0.2, -0.15) is 0 Å². The molecule has 0 fully saturated rings. The fourth-order valence-electron chi connectivity index (χ4n) is 2.02. The van der Waals surface area contributed by atoms with E-state index in [1.54, 1.807) is 42.0 Å². The lowest BCUT2D eigenvalue weighted by Crippen LogP contribution is -2.22. The second kappa shape index (κ2) is 6.74. The molecule has 0 aliphatic rings. The van der Waals surface area contributed by atoms with Gasteiger partial charge in [0.15, 0.2) is 0 Å². The van der Waals surface area contributed by atoms with Gasteiger partial charge in [-0.25, -0.2) is 4.79 Å². The predicted octanol–water partition coefficient (Wildman–Crippen LogP) is 2.32. The summed E-state index contributed by atoms with van der Waals surface area (Å²) in [6, 6.07) is 10.1. The Hall–Kier alpha value is -2.56. The summed E-state index contributed by atoms with van der Waals surface area (Å²) in [5.74, 6) is -0.665. The van der Waals surface area contributed by atoms with Gasteiger partial charge in [0.05, 0.1) is 6.61 Å². The van der Waals surface area contributed by atoms with E-state index in [1.807, 2.05) is 6.07 Å². The molecule has 1 heterocycles. The number of rotatable bonds is 6. The standard InChI is InChI=1S/C16H17NO4/c1-12-6-4-9-17(15(12)18)10-5-11-21-14-8-3-2-7-13(14)16(19)20/h2-4,6-9H,5,10-11H2,1H3,(H,19,20). The molecule has 0 atom stereocenters. The van der Waals surface area contributed by atoms with Crippen LogP contribution in [0.15, 0.2) is 47.4 Å². The summed E-state index contributed by atoms with van der Waals surface area (Å²) in [4.78, 5) is 22.9. The van der Waals surface area contributed by atoms with E-state index in [9.17, 15) is 9.59 Å². The van der Waals surface area contributed by atoms with E-state index in [0.717, 1.165) is 0 Å². The number of aromatic carboxylic acids is 1. The number of hydrogen-bond acceptors (Lipinski definition) is 3. The normalized spacial score (nSPS) is 10.3. The summed E-state index contributed by atoms with van der Waals surface area (Å²) in [7, 11) is 0. The van der Waals surface area contributed by atoms with Gasteiger partial charge < -0.3 is 14.4 Å². The van der Waals surface area contributed by atoms with Crippen molar-refractivity contribution in [3.05, 3.63) is 64.1 Å². The van der Waals surface area contributed by atoms with Crippen LogP contribution in [-0.4, -0.2) is 22.2 Å². The number of carbonyl (C=O) groups is 1. The van der Waals surface area contributed by atoms with E-state index < -0.39 is 5.97 Å². The summed E-state index contributed by atoms with van der Waals surface area (Å²) in [6.45, 7) is 2.67. The van der Waals surface area contributed by atoms with E-state index >= 15 is 0 Å². The number of carboxylic acid groups (broad SMARTS) is 1. The van der Waals surface area contributed by atoms with Crippen LogP contribution in [0.5, 0.6) is 5.75 Å². The molecule has 0 saturated carbocycles. The van der Waals surface area contributed by atoms with Gasteiger partial charge in [-0.3, -0.25) is 4.79 Å². The minimum atomic E-state index is -1.01. The highest BCUT2D eigenvalue weighted by molar-refractivity contribution is 5.90. The van der Waals surface area contributed by atoms with Crippen LogP contribution >= 0.6 is 0 Å². The molecule has 0 amide bonds. The van der Waals surface area contributed by atoms with Crippen molar-refractivity contribution in [1.29, 1.82) is 0 Å². The first kappa shape index (κ1) is 14.8. The number of pyridine rings is 1. The number of nitrogens with zero attached hydrogens (tertiary/aromatic N) is 1. The number of carboxylic acids is 1. The van der Waals surface area contributed by atoms with Gasteiger partial charge in [0.25, 0.3) is 5.56 Å². The highest BCUT2D eigenvalue weighted by atomic mass is 16.5. The van der Waals surface area contributed by atoms with Crippen molar-refractivity contribution in [1.82, 2.24) is 4.57 Å². The molecule has 1 N–H and O–H groups in total. The zero-order chi connectivity index (χ0) is 15.2. The molecule has 5 heteroatoms. The summed E-state index contributed by atoms with van der Waals surface area (Å²) in [5.41, 5.74) is 0.836. The van der Waals surface area contributed by atoms with Crippen molar-refractivity contribution in [3.8, 4) is 5.75 Å². The van der Waals surface area contributed by atoms with Crippen LogP contribution in [0.4, 0.5) is 0 Å². The maximum absolute atomic E-state index is 11.8. The zero-order valence-corrected chi connectivity index (χ0v) is 11.8. The monoisotopic (exact) mass is 287 g/mol. The molecule has 110 valence electrons. The quantitative estimate of drug-likeness (QED) is 0.828. The van der Waals surface area contributed by atoms with Crippen LogP contribution in [0.1, 0.15) is 22.3 Å². The van der Waals surface area contributed by atoms with Crippen molar-refractivity contribution in [2.24, 2.45) is 0 Å². The molecule has 1 aromatic heterocycles. The van der Waals surface area contributed by atoms with Crippen molar-refractivity contribution in [2.45, 2.75) is 19.9 Å². The van der Waals surface area contributed by atoms with Crippen molar-refractivity contribution >= 4 is 5.97 Å². The van der Waals surface area contributed by atoms with E-state index in [0.29, 0.717) is 30.9 Å².